The Morgan fingerprint density at radius 3 is 2.50 bits per heavy atom. The van der Waals surface area contributed by atoms with E-state index < -0.39 is 0 Å². The Labute approximate surface area is 111 Å². The molecule has 1 aliphatic heterocycles. The van der Waals surface area contributed by atoms with E-state index in [9.17, 15) is 4.79 Å². The van der Waals surface area contributed by atoms with Crippen LogP contribution in [-0.2, 0) is 9.53 Å². The molecule has 0 aromatic rings. The highest BCUT2D eigenvalue weighted by molar-refractivity contribution is 5.72. The van der Waals surface area contributed by atoms with Crippen LogP contribution in [0.3, 0.4) is 0 Å². The zero-order valence-electron chi connectivity index (χ0n) is 11.7. The lowest BCUT2D eigenvalue weighted by atomic mass is 9.95. The van der Waals surface area contributed by atoms with Crippen molar-refractivity contribution in [2.24, 2.45) is 5.92 Å². The number of carbonyl (C=O) groups excluding carboxylic acids is 1. The molecule has 3 nitrogen and oxygen atoms in total. The van der Waals surface area contributed by atoms with Gasteiger partial charge in [-0.2, -0.15) is 0 Å². The molecular weight excluding hydrogens is 226 g/mol. The Hall–Kier alpha value is -0.570. The second kappa shape index (κ2) is 7.13. The number of esters is 1. The number of rotatable bonds is 3. The quantitative estimate of drug-likeness (QED) is 0.572. The molecule has 2 rings (SSSR count). The lowest BCUT2D eigenvalue weighted by Gasteiger charge is -2.37. The maximum atomic E-state index is 11.8. The van der Waals surface area contributed by atoms with Gasteiger partial charge in [0.1, 0.15) is 0 Å². The van der Waals surface area contributed by atoms with Gasteiger partial charge in [-0.15, -0.1) is 0 Å². The molecule has 0 bridgehead atoms. The van der Waals surface area contributed by atoms with Gasteiger partial charge in [0.05, 0.1) is 12.5 Å². The Bertz CT molecular complexity index is 259. The minimum atomic E-state index is 0.0239. The van der Waals surface area contributed by atoms with Gasteiger partial charge in [-0.25, -0.2) is 0 Å². The highest BCUT2D eigenvalue weighted by atomic mass is 16.5. The molecular formula is C15H27NO2. The van der Waals surface area contributed by atoms with Crippen molar-refractivity contribution < 1.29 is 9.53 Å². The van der Waals surface area contributed by atoms with Crippen LogP contribution in [0.1, 0.15) is 58.3 Å². The molecule has 3 heteroatoms. The summed E-state index contributed by atoms with van der Waals surface area (Å²) < 4.78 is 5.18. The molecule has 1 heterocycles. The SMILES string of the molecule is CCOC(=O)[C@H]1CCCN(C2CCCCCC2)C1. The second-order valence-electron chi connectivity index (χ2n) is 5.73. The second-order valence-corrected chi connectivity index (χ2v) is 5.73. The number of nitrogens with zero attached hydrogens (tertiary/aromatic N) is 1. The Kier molecular flexibility index (Phi) is 5.48. The highest BCUT2D eigenvalue weighted by Gasteiger charge is 2.30. The number of hydrogen-bond acceptors (Lipinski definition) is 3. The van der Waals surface area contributed by atoms with Crippen molar-refractivity contribution >= 4 is 5.97 Å². The molecule has 2 aliphatic rings. The minimum absolute atomic E-state index is 0.0239. The molecule has 0 radical (unpaired) electrons. The van der Waals surface area contributed by atoms with Crippen LogP contribution in [0, 0.1) is 5.92 Å². The molecule has 0 amide bonds. The van der Waals surface area contributed by atoms with Crippen molar-refractivity contribution in [3.8, 4) is 0 Å². The van der Waals surface area contributed by atoms with Crippen LogP contribution in [0.5, 0.6) is 0 Å². The first-order valence-electron chi connectivity index (χ1n) is 7.72. The first-order valence-corrected chi connectivity index (χ1v) is 7.72. The van der Waals surface area contributed by atoms with Crippen LogP contribution in [0.25, 0.3) is 0 Å². The Morgan fingerprint density at radius 1 is 1.11 bits per heavy atom. The average Bonchev–Trinajstić information content (AvgIpc) is 2.68. The van der Waals surface area contributed by atoms with E-state index in [-0.39, 0.29) is 11.9 Å². The fraction of sp³-hybridized carbons (Fsp3) is 0.933. The summed E-state index contributed by atoms with van der Waals surface area (Å²) in [6.07, 6.45) is 10.3. The number of piperidine rings is 1. The summed E-state index contributed by atoms with van der Waals surface area (Å²) >= 11 is 0. The number of hydrogen-bond donors (Lipinski definition) is 0. The van der Waals surface area contributed by atoms with Gasteiger partial charge in [0.25, 0.3) is 0 Å². The molecule has 104 valence electrons. The molecule has 1 aliphatic carbocycles. The maximum Gasteiger partial charge on any atom is 0.310 e. The van der Waals surface area contributed by atoms with Gasteiger partial charge in [0.15, 0.2) is 0 Å². The van der Waals surface area contributed by atoms with Crippen LogP contribution in [0.15, 0.2) is 0 Å². The highest BCUT2D eigenvalue weighted by Crippen LogP contribution is 2.27. The molecule has 0 aromatic carbocycles. The van der Waals surface area contributed by atoms with Gasteiger partial charge < -0.3 is 4.74 Å². The predicted octanol–water partition coefficient (Wildman–Crippen LogP) is 2.98. The third-order valence-corrected chi connectivity index (χ3v) is 4.41. The third-order valence-electron chi connectivity index (χ3n) is 4.41. The topological polar surface area (TPSA) is 29.5 Å². The smallest absolute Gasteiger partial charge is 0.310 e. The Morgan fingerprint density at radius 2 is 1.83 bits per heavy atom. The van der Waals surface area contributed by atoms with Gasteiger partial charge in [-0.3, -0.25) is 9.69 Å². The van der Waals surface area contributed by atoms with Gasteiger partial charge in [-0.1, -0.05) is 25.7 Å². The molecule has 0 aromatic heterocycles. The summed E-state index contributed by atoms with van der Waals surface area (Å²) in [7, 11) is 0. The normalized spacial score (nSPS) is 27.7. The van der Waals surface area contributed by atoms with Crippen LogP contribution in [0.2, 0.25) is 0 Å². The van der Waals surface area contributed by atoms with E-state index in [1.54, 1.807) is 0 Å². The molecule has 0 N–H and O–H groups in total. The standard InChI is InChI=1S/C15H27NO2/c1-2-18-15(17)13-8-7-11-16(12-13)14-9-5-3-4-6-10-14/h13-14H,2-12H2,1H3/t13-/m0/s1. The molecule has 0 spiro atoms. The van der Waals surface area contributed by atoms with Crippen molar-refractivity contribution in [2.75, 3.05) is 19.7 Å². The molecule has 1 saturated carbocycles. The molecule has 18 heavy (non-hydrogen) atoms. The third kappa shape index (κ3) is 3.71. The van der Waals surface area contributed by atoms with E-state index in [0.29, 0.717) is 6.61 Å². The van der Waals surface area contributed by atoms with Crippen LogP contribution in [-0.4, -0.2) is 36.6 Å². The van der Waals surface area contributed by atoms with E-state index in [0.717, 1.165) is 25.4 Å². The van der Waals surface area contributed by atoms with Crippen molar-refractivity contribution in [1.82, 2.24) is 4.90 Å². The summed E-state index contributed by atoms with van der Waals surface area (Å²) in [5, 5.41) is 0. The van der Waals surface area contributed by atoms with Crippen molar-refractivity contribution in [1.29, 1.82) is 0 Å². The van der Waals surface area contributed by atoms with E-state index in [1.807, 2.05) is 6.92 Å². The van der Waals surface area contributed by atoms with Crippen molar-refractivity contribution in [2.45, 2.75) is 64.3 Å². The summed E-state index contributed by atoms with van der Waals surface area (Å²) in [5.74, 6) is 0.151. The van der Waals surface area contributed by atoms with Crippen LogP contribution in [0.4, 0.5) is 0 Å². The van der Waals surface area contributed by atoms with Crippen LogP contribution < -0.4 is 0 Å². The molecule has 2 fully saturated rings. The van der Waals surface area contributed by atoms with E-state index in [4.69, 9.17) is 4.74 Å². The fourth-order valence-electron chi connectivity index (χ4n) is 3.41. The monoisotopic (exact) mass is 253 g/mol. The number of likely N-dealkylation sites (tertiary alicyclic amines) is 1. The lowest BCUT2D eigenvalue weighted by Crippen LogP contribution is -2.44. The summed E-state index contributed by atoms with van der Waals surface area (Å²) in [5.41, 5.74) is 0. The largest absolute Gasteiger partial charge is 0.466 e. The minimum Gasteiger partial charge on any atom is -0.466 e. The van der Waals surface area contributed by atoms with E-state index in [1.165, 1.54) is 45.1 Å². The van der Waals surface area contributed by atoms with E-state index in [2.05, 4.69) is 4.90 Å². The fourth-order valence-corrected chi connectivity index (χ4v) is 3.41. The van der Waals surface area contributed by atoms with Gasteiger partial charge in [0, 0.05) is 12.6 Å². The predicted molar refractivity (Wildman–Crippen MR) is 72.4 cm³/mol. The molecule has 1 saturated heterocycles. The molecule has 0 unspecified atom stereocenters. The first-order chi connectivity index (χ1) is 8.81. The lowest BCUT2D eigenvalue weighted by molar-refractivity contribution is -0.150. The number of carbonyl (C=O) groups is 1. The van der Waals surface area contributed by atoms with Gasteiger partial charge in [-0.05, 0) is 39.2 Å². The van der Waals surface area contributed by atoms with Gasteiger partial charge >= 0.3 is 5.97 Å². The zero-order valence-corrected chi connectivity index (χ0v) is 11.7. The van der Waals surface area contributed by atoms with Crippen LogP contribution >= 0.6 is 0 Å². The summed E-state index contributed by atoms with van der Waals surface area (Å²) in [6.45, 7) is 4.52. The molecule has 1 atom stereocenters. The maximum absolute atomic E-state index is 11.8. The average molecular weight is 253 g/mol. The first kappa shape index (κ1) is 13.9. The van der Waals surface area contributed by atoms with Gasteiger partial charge in [0.2, 0.25) is 0 Å². The summed E-state index contributed by atoms with van der Waals surface area (Å²) in [6, 6.07) is 0.727. The van der Waals surface area contributed by atoms with E-state index >= 15 is 0 Å². The van der Waals surface area contributed by atoms with Crippen molar-refractivity contribution in [3.05, 3.63) is 0 Å². The Balaban J connectivity index is 1.86. The number of ether oxygens (including phenoxy) is 1. The zero-order chi connectivity index (χ0) is 12.8. The summed E-state index contributed by atoms with van der Waals surface area (Å²) in [4.78, 5) is 14.4. The van der Waals surface area contributed by atoms with Crippen molar-refractivity contribution in [3.63, 3.8) is 0 Å².